The van der Waals surface area contributed by atoms with Crippen LogP contribution in [0.15, 0.2) is 18.2 Å². The number of nitrogens with zero attached hydrogens (tertiary/aromatic N) is 1. The van der Waals surface area contributed by atoms with Gasteiger partial charge in [0.2, 0.25) is 0 Å². The van der Waals surface area contributed by atoms with Crippen molar-refractivity contribution in [3.8, 4) is 0 Å². The largest absolute Gasteiger partial charge is 0.394 e. The zero-order chi connectivity index (χ0) is 12.4. The standard InChI is InChI=1S/C13H18N2OS/c1-9-4-2-6-11(13(14)17)12(9)15-7-3-5-10(15)8-16/h2,4,6,10,16H,3,5,7-8H2,1H3,(H2,14,17). The van der Waals surface area contributed by atoms with Gasteiger partial charge in [0.15, 0.2) is 0 Å². The summed E-state index contributed by atoms with van der Waals surface area (Å²) >= 11 is 5.11. The monoisotopic (exact) mass is 250 g/mol. The van der Waals surface area contributed by atoms with E-state index < -0.39 is 0 Å². The summed E-state index contributed by atoms with van der Waals surface area (Å²) in [4.78, 5) is 2.66. The van der Waals surface area contributed by atoms with E-state index in [-0.39, 0.29) is 12.6 Å². The van der Waals surface area contributed by atoms with Gasteiger partial charge >= 0.3 is 0 Å². The number of thiocarbonyl (C=S) groups is 1. The Kier molecular flexibility index (Phi) is 3.64. The zero-order valence-electron chi connectivity index (χ0n) is 10.0. The number of aliphatic hydroxyl groups excluding tert-OH is 1. The maximum absolute atomic E-state index is 9.41. The molecular weight excluding hydrogens is 232 g/mol. The number of benzene rings is 1. The van der Waals surface area contributed by atoms with Crippen LogP contribution in [0.25, 0.3) is 0 Å². The van der Waals surface area contributed by atoms with Gasteiger partial charge in [0.1, 0.15) is 4.99 Å². The fourth-order valence-electron chi connectivity index (χ4n) is 2.56. The van der Waals surface area contributed by atoms with Gasteiger partial charge in [-0.3, -0.25) is 0 Å². The molecule has 0 spiro atoms. The number of rotatable bonds is 3. The predicted octanol–water partition coefficient (Wildman–Crippen LogP) is 1.59. The summed E-state index contributed by atoms with van der Waals surface area (Å²) in [6.07, 6.45) is 2.14. The molecule has 17 heavy (non-hydrogen) atoms. The van der Waals surface area contributed by atoms with Gasteiger partial charge in [-0.25, -0.2) is 0 Å². The molecule has 1 aliphatic heterocycles. The summed E-state index contributed by atoms with van der Waals surface area (Å²) in [6, 6.07) is 6.18. The minimum absolute atomic E-state index is 0.186. The fourth-order valence-corrected chi connectivity index (χ4v) is 2.72. The maximum atomic E-state index is 9.41. The van der Waals surface area contributed by atoms with Crippen LogP contribution in [0.1, 0.15) is 24.0 Å². The van der Waals surface area contributed by atoms with Crippen LogP contribution in [0, 0.1) is 6.92 Å². The van der Waals surface area contributed by atoms with Gasteiger partial charge in [-0.05, 0) is 31.4 Å². The fraction of sp³-hybridized carbons (Fsp3) is 0.462. The molecule has 0 bridgehead atoms. The van der Waals surface area contributed by atoms with Gasteiger partial charge < -0.3 is 15.7 Å². The van der Waals surface area contributed by atoms with Crippen molar-refractivity contribution in [2.45, 2.75) is 25.8 Å². The van der Waals surface area contributed by atoms with Crippen LogP contribution in [-0.2, 0) is 0 Å². The second-order valence-corrected chi connectivity index (χ2v) is 4.95. The van der Waals surface area contributed by atoms with Gasteiger partial charge in [-0.1, -0.05) is 24.4 Å². The Balaban J connectivity index is 2.46. The molecule has 1 aromatic rings. The predicted molar refractivity (Wildman–Crippen MR) is 74.5 cm³/mol. The van der Waals surface area contributed by atoms with Crippen molar-refractivity contribution in [1.29, 1.82) is 0 Å². The molecule has 1 fully saturated rings. The lowest BCUT2D eigenvalue weighted by Crippen LogP contribution is -2.34. The summed E-state index contributed by atoms with van der Waals surface area (Å²) in [5.41, 5.74) is 8.95. The van der Waals surface area contributed by atoms with Crippen molar-refractivity contribution in [2.75, 3.05) is 18.1 Å². The average Bonchev–Trinajstić information content (AvgIpc) is 2.76. The SMILES string of the molecule is Cc1cccc(C(N)=S)c1N1CCCC1CO. The highest BCUT2D eigenvalue weighted by molar-refractivity contribution is 7.80. The van der Waals surface area contributed by atoms with E-state index in [1.54, 1.807) is 0 Å². The first-order chi connectivity index (χ1) is 8.15. The Morgan fingerprint density at radius 2 is 2.35 bits per heavy atom. The molecule has 1 aliphatic rings. The summed E-state index contributed by atoms with van der Waals surface area (Å²) in [7, 11) is 0. The van der Waals surface area contributed by atoms with Gasteiger partial charge in [0.25, 0.3) is 0 Å². The molecule has 1 unspecified atom stereocenters. The number of aliphatic hydroxyl groups is 1. The Labute approximate surface area is 107 Å². The van der Waals surface area contributed by atoms with Crippen molar-refractivity contribution >= 4 is 22.9 Å². The topological polar surface area (TPSA) is 49.5 Å². The lowest BCUT2D eigenvalue weighted by molar-refractivity contribution is 0.266. The minimum Gasteiger partial charge on any atom is -0.394 e. The van der Waals surface area contributed by atoms with Crippen molar-refractivity contribution in [2.24, 2.45) is 5.73 Å². The van der Waals surface area contributed by atoms with Crippen molar-refractivity contribution in [1.82, 2.24) is 0 Å². The number of para-hydroxylation sites is 1. The van der Waals surface area contributed by atoms with Crippen LogP contribution < -0.4 is 10.6 Å². The molecule has 1 atom stereocenters. The molecule has 0 aromatic heterocycles. The van der Waals surface area contributed by atoms with E-state index >= 15 is 0 Å². The molecule has 4 heteroatoms. The molecular formula is C13H18N2OS. The Bertz CT molecular complexity index is 433. The quantitative estimate of drug-likeness (QED) is 0.800. The number of hydrogen-bond acceptors (Lipinski definition) is 3. The van der Waals surface area contributed by atoms with Gasteiger partial charge in [-0.2, -0.15) is 0 Å². The molecule has 0 radical (unpaired) electrons. The van der Waals surface area contributed by atoms with E-state index in [0.717, 1.165) is 36.2 Å². The summed E-state index contributed by atoms with van der Waals surface area (Å²) in [5.74, 6) is 0. The smallest absolute Gasteiger partial charge is 0.106 e. The molecule has 3 N–H and O–H groups in total. The molecule has 0 amide bonds. The van der Waals surface area contributed by atoms with E-state index in [9.17, 15) is 5.11 Å². The third-order valence-electron chi connectivity index (χ3n) is 3.38. The van der Waals surface area contributed by atoms with E-state index in [1.807, 2.05) is 12.1 Å². The molecule has 1 saturated heterocycles. The molecule has 1 heterocycles. The summed E-state index contributed by atoms with van der Waals surface area (Å²) in [5, 5.41) is 9.41. The van der Waals surface area contributed by atoms with Gasteiger partial charge in [-0.15, -0.1) is 0 Å². The minimum atomic E-state index is 0.186. The third kappa shape index (κ3) is 2.28. The Morgan fingerprint density at radius 1 is 1.59 bits per heavy atom. The van der Waals surface area contributed by atoms with E-state index in [4.69, 9.17) is 18.0 Å². The highest BCUT2D eigenvalue weighted by atomic mass is 32.1. The first-order valence-corrected chi connectivity index (χ1v) is 6.33. The molecule has 3 nitrogen and oxygen atoms in total. The number of aryl methyl sites for hydroxylation is 1. The molecule has 92 valence electrons. The second-order valence-electron chi connectivity index (χ2n) is 4.51. The van der Waals surface area contributed by atoms with Crippen LogP contribution in [0.3, 0.4) is 0 Å². The van der Waals surface area contributed by atoms with Crippen LogP contribution in [0.4, 0.5) is 5.69 Å². The molecule has 0 aliphatic carbocycles. The molecule has 2 rings (SSSR count). The lowest BCUT2D eigenvalue weighted by atomic mass is 10.1. The Morgan fingerprint density at radius 3 is 3.00 bits per heavy atom. The number of anilines is 1. The van der Waals surface area contributed by atoms with Gasteiger partial charge in [0, 0.05) is 12.1 Å². The van der Waals surface area contributed by atoms with E-state index in [2.05, 4.69) is 17.9 Å². The zero-order valence-corrected chi connectivity index (χ0v) is 10.8. The first-order valence-electron chi connectivity index (χ1n) is 5.92. The highest BCUT2D eigenvalue weighted by Crippen LogP contribution is 2.31. The van der Waals surface area contributed by atoms with Gasteiger partial charge in [0.05, 0.1) is 18.3 Å². The highest BCUT2D eigenvalue weighted by Gasteiger charge is 2.27. The number of nitrogens with two attached hydrogens (primary N) is 1. The second kappa shape index (κ2) is 5.02. The average molecular weight is 250 g/mol. The first kappa shape index (κ1) is 12.3. The van der Waals surface area contributed by atoms with Crippen LogP contribution in [-0.4, -0.2) is 29.3 Å². The van der Waals surface area contributed by atoms with Crippen molar-refractivity contribution in [3.05, 3.63) is 29.3 Å². The lowest BCUT2D eigenvalue weighted by Gasteiger charge is -2.29. The van der Waals surface area contributed by atoms with Crippen LogP contribution in [0.2, 0.25) is 0 Å². The van der Waals surface area contributed by atoms with E-state index in [1.165, 1.54) is 0 Å². The number of hydrogen-bond donors (Lipinski definition) is 2. The van der Waals surface area contributed by atoms with Crippen molar-refractivity contribution < 1.29 is 5.11 Å². The maximum Gasteiger partial charge on any atom is 0.106 e. The summed E-state index contributed by atoms with van der Waals surface area (Å²) in [6.45, 7) is 3.21. The Hall–Kier alpha value is -1.13. The normalized spacial score (nSPS) is 19.6. The van der Waals surface area contributed by atoms with Crippen LogP contribution >= 0.6 is 12.2 Å². The third-order valence-corrected chi connectivity index (χ3v) is 3.60. The summed E-state index contributed by atoms with van der Waals surface area (Å²) < 4.78 is 0. The van der Waals surface area contributed by atoms with Crippen molar-refractivity contribution in [3.63, 3.8) is 0 Å². The van der Waals surface area contributed by atoms with Crippen LogP contribution in [0.5, 0.6) is 0 Å². The molecule has 1 aromatic carbocycles. The molecule has 0 saturated carbocycles. The van der Waals surface area contributed by atoms with E-state index in [0.29, 0.717) is 4.99 Å².